The molecule has 0 radical (unpaired) electrons. The fraction of sp³-hybridized carbons (Fsp3) is 0.273. The monoisotopic (exact) mass is 426 g/mol. The second kappa shape index (κ2) is 8.47. The van der Waals surface area contributed by atoms with E-state index >= 15 is 0 Å². The van der Waals surface area contributed by atoms with Crippen LogP contribution >= 0.6 is 0 Å². The average Bonchev–Trinajstić information content (AvgIpc) is 3.24. The molecule has 1 atom stereocenters. The minimum Gasteiger partial charge on any atom is -0.493 e. The van der Waals surface area contributed by atoms with Gasteiger partial charge in [0.1, 0.15) is 6.61 Å². The first-order valence-corrected chi connectivity index (χ1v) is 9.56. The fourth-order valence-electron chi connectivity index (χ4n) is 3.50. The van der Waals surface area contributed by atoms with Crippen molar-refractivity contribution in [3.05, 3.63) is 58.8 Å². The number of rotatable bonds is 6. The maximum atomic E-state index is 13.0. The Kier molecular flexibility index (Phi) is 5.57. The van der Waals surface area contributed by atoms with Gasteiger partial charge in [0.2, 0.25) is 6.79 Å². The number of carbonyl (C=O) groups excluding carboxylic acids is 2. The summed E-state index contributed by atoms with van der Waals surface area (Å²) in [5.74, 6) is 1.74. The van der Waals surface area contributed by atoms with Crippen LogP contribution in [-0.4, -0.2) is 33.0 Å². The standard InChI is InChI=1S/C22H22N2O7/c1-12-19(21(25)29-10-13-4-6-16-18(8-13)31-11-30-16)20(24-22(26)23-12)14-5-7-15(27-2)17(9-14)28-3/h4-9,20H,10-11H2,1-3H3,(H2,23,24,26). The zero-order valence-electron chi connectivity index (χ0n) is 17.3. The lowest BCUT2D eigenvalue weighted by Gasteiger charge is -2.28. The van der Waals surface area contributed by atoms with Crippen molar-refractivity contribution in [2.45, 2.75) is 19.6 Å². The van der Waals surface area contributed by atoms with Crippen molar-refractivity contribution in [2.75, 3.05) is 21.0 Å². The molecule has 2 aromatic carbocycles. The number of nitrogens with one attached hydrogen (secondary N) is 2. The molecule has 1 unspecified atom stereocenters. The number of allylic oxidation sites excluding steroid dienone is 1. The van der Waals surface area contributed by atoms with Gasteiger partial charge in [0.15, 0.2) is 23.0 Å². The summed E-state index contributed by atoms with van der Waals surface area (Å²) in [4.78, 5) is 25.1. The highest BCUT2D eigenvalue weighted by atomic mass is 16.7. The van der Waals surface area contributed by atoms with Crippen LogP contribution in [0, 0.1) is 0 Å². The molecule has 0 fully saturated rings. The maximum Gasteiger partial charge on any atom is 0.338 e. The summed E-state index contributed by atoms with van der Waals surface area (Å²) in [6, 6.07) is 9.40. The summed E-state index contributed by atoms with van der Waals surface area (Å²) >= 11 is 0. The first-order chi connectivity index (χ1) is 15.0. The van der Waals surface area contributed by atoms with E-state index in [9.17, 15) is 9.59 Å². The summed E-state index contributed by atoms with van der Waals surface area (Å²) in [5, 5.41) is 5.40. The van der Waals surface area contributed by atoms with Crippen molar-refractivity contribution in [1.29, 1.82) is 0 Å². The van der Waals surface area contributed by atoms with Gasteiger partial charge in [0.25, 0.3) is 0 Å². The molecule has 2 aromatic rings. The minimum absolute atomic E-state index is 0.0405. The van der Waals surface area contributed by atoms with Crippen LogP contribution in [-0.2, 0) is 16.1 Å². The van der Waals surface area contributed by atoms with Crippen molar-refractivity contribution in [3.63, 3.8) is 0 Å². The minimum atomic E-state index is -0.710. The molecule has 162 valence electrons. The van der Waals surface area contributed by atoms with E-state index in [1.165, 1.54) is 14.2 Å². The van der Waals surface area contributed by atoms with Crippen LogP contribution in [0.1, 0.15) is 24.1 Å². The smallest absolute Gasteiger partial charge is 0.338 e. The van der Waals surface area contributed by atoms with E-state index in [1.807, 2.05) is 0 Å². The molecule has 0 saturated carbocycles. The number of methoxy groups -OCH3 is 2. The van der Waals surface area contributed by atoms with Crippen molar-refractivity contribution >= 4 is 12.0 Å². The predicted molar refractivity (Wildman–Crippen MR) is 109 cm³/mol. The summed E-state index contributed by atoms with van der Waals surface area (Å²) in [5.41, 5.74) is 2.12. The van der Waals surface area contributed by atoms with E-state index < -0.39 is 18.0 Å². The van der Waals surface area contributed by atoms with Crippen LogP contribution in [0.5, 0.6) is 23.0 Å². The summed E-state index contributed by atoms with van der Waals surface area (Å²) in [6.07, 6.45) is 0. The van der Waals surface area contributed by atoms with Crippen molar-refractivity contribution in [2.24, 2.45) is 0 Å². The first kappa shape index (κ1) is 20.4. The molecule has 0 aliphatic carbocycles. The maximum absolute atomic E-state index is 13.0. The third-order valence-corrected chi connectivity index (χ3v) is 5.04. The van der Waals surface area contributed by atoms with Gasteiger partial charge in [-0.1, -0.05) is 12.1 Å². The topological polar surface area (TPSA) is 104 Å². The van der Waals surface area contributed by atoms with E-state index in [-0.39, 0.29) is 13.4 Å². The normalized spacial score (nSPS) is 17.0. The Morgan fingerprint density at radius 1 is 1.06 bits per heavy atom. The molecule has 0 bridgehead atoms. The molecule has 2 aliphatic rings. The molecular formula is C22H22N2O7. The fourth-order valence-corrected chi connectivity index (χ4v) is 3.50. The van der Waals surface area contributed by atoms with Gasteiger partial charge in [-0.15, -0.1) is 0 Å². The molecule has 9 heteroatoms. The number of amides is 2. The summed E-state index contributed by atoms with van der Waals surface area (Å²) in [7, 11) is 3.05. The molecule has 4 rings (SSSR count). The zero-order valence-corrected chi connectivity index (χ0v) is 17.3. The number of urea groups is 1. The summed E-state index contributed by atoms with van der Waals surface area (Å²) in [6.45, 7) is 1.87. The number of hydrogen-bond acceptors (Lipinski definition) is 7. The van der Waals surface area contributed by atoms with Gasteiger partial charge < -0.3 is 34.3 Å². The van der Waals surface area contributed by atoms with Crippen molar-refractivity contribution in [1.82, 2.24) is 10.6 Å². The Morgan fingerprint density at radius 3 is 2.61 bits per heavy atom. The first-order valence-electron chi connectivity index (χ1n) is 9.56. The largest absolute Gasteiger partial charge is 0.493 e. The molecule has 31 heavy (non-hydrogen) atoms. The highest BCUT2D eigenvalue weighted by molar-refractivity contribution is 5.95. The van der Waals surface area contributed by atoms with Crippen LogP contribution < -0.4 is 29.6 Å². The second-order valence-electron chi connectivity index (χ2n) is 6.95. The zero-order chi connectivity index (χ0) is 22.0. The average molecular weight is 426 g/mol. The highest BCUT2D eigenvalue weighted by Crippen LogP contribution is 2.35. The van der Waals surface area contributed by atoms with E-state index in [0.29, 0.717) is 39.8 Å². The lowest BCUT2D eigenvalue weighted by atomic mass is 9.95. The molecule has 9 nitrogen and oxygen atoms in total. The number of hydrogen-bond donors (Lipinski definition) is 2. The molecular weight excluding hydrogens is 404 g/mol. The number of ether oxygens (including phenoxy) is 5. The van der Waals surface area contributed by atoms with Crippen molar-refractivity contribution in [3.8, 4) is 23.0 Å². The predicted octanol–water partition coefficient (Wildman–Crippen LogP) is 2.80. The number of esters is 1. The summed E-state index contributed by atoms with van der Waals surface area (Å²) < 4.78 is 26.8. The molecule has 2 amide bonds. The van der Waals surface area contributed by atoms with Gasteiger partial charge in [-0.25, -0.2) is 9.59 Å². The number of benzene rings is 2. The third kappa shape index (κ3) is 4.07. The van der Waals surface area contributed by atoms with Crippen LogP contribution in [0.4, 0.5) is 4.79 Å². The third-order valence-electron chi connectivity index (χ3n) is 5.04. The molecule has 0 spiro atoms. The van der Waals surface area contributed by atoms with Gasteiger partial charge in [0.05, 0.1) is 25.8 Å². The van der Waals surface area contributed by atoms with Gasteiger partial charge in [-0.3, -0.25) is 0 Å². The van der Waals surface area contributed by atoms with Gasteiger partial charge in [-0.2, -0.15) is 0 Å². The number of carbonyl (C=O) groups is 2. The van der Waals surface area contributed by atoms with Crippen LogP contribution in [0.15, 0.2) is 47.7 Å². The quantitative estimate of drug-likeness (QED) is 0.685. The molecule has 0 saturated heterocycles. The van der Waals surface area contributed by atoms with Crippen LogP contribution in [0.2, 0.25) is 0 Å². The Balaban J connectivity index is 1.57. The Morgan fingerprint density at radius 2 is 1.84 bits per heavy atom. The lowest BCUT2D eigenvalue weighted by Crippen LogP contribution is -2.45. The SMILES string of the molecule is COc1ccc(C2NC(=O)NC(C)=C2C(=O)OCc2ccc3c(c2)OCO3)cc1OC. The molecule has 2 N–H and O–H groups in total. The Labute approximate surface area is 178 Å². The van der Waals surface area contributed by atoms with Gasteiger partial charge in [0, 0.05) is 5.70 Å². The molecule has 2 heterocycles. The van der Waals surface area contributed by atoms with E-state index in [4.69, 9.17) is 23.7 Å². The molecule has 0 aromatic heterocycles. The van der Waals surface area contributed by atoms with Crippen molar-refractivity contribution < 1.29 is 33.3 Å². The van der Waals surface area contributed by atoms with E-state index in [1.54, 1.807) is 43.3 Å². The number of fused-ring (bicyclic) bond motifs is 1. The van der Waals surface area contributed by atoms with Crippen LogP contribution in [0.3, 0.4) is 0 Å². The van der Waals surface area contributed by atoms with Gasteiger partial charge in [-0.05, 0) is 42.3 Å². The second-order valence-corrected chi connectivity index (χ2v) is 6.95. The van der Waals surface area contributed by atoms with Crippen LogP contribution in [0.25, 0.3) is 0 Å². The highest BCUT2D eigenvalue weighted by Gasteiger charge is 2.33. The molecule has 2 aliphatic heterocycles. The lowest BCUT2D eigenvalue weighted by molar-refractivity contribution is -0.140. The Bertz CT molecular complexity index is 1060. The Hall–Kier alpha value is -3.88. The van der Waals surface area contributed by atoms with E-state index in [0.717, 1.165) is 5.56 Å². The van der Waals surface area contributed by atoms with Gasteiger partial charge >= 0.3 is 12.0 Å². The van der Waals surface area contributed by atoms with E-state index in [2.05, 4.69) is 10.6 Å².